The lowest BCUT2D eigenvalue weighted by Crippen LogP contribution is -2.46. The number of hydrogen-bond acceptors (Lipinski definition) is 3. The van der Waals surface area contributed by atoms with Gasteiger partial charge in [0.25, 0.3) is 0 Å². The van der Waals surface area contributed by atoms with Crippen molar-refractivity contribution in [3.8, 4) is 0 Å². The van der Waals surface area contributed by atoms with E-state index in [2.05, 4.69) is 22.6 Å². The van der Waals surface area contributed by atoms with Gasteiger partial charge in [0, 0.05) is 18.1 Å². The van der Waals surface area contributed by atoms with Crippen LogP contribution in [0.4, 0.5) is 0 Å². The molecule has 0 saturated carbocycles. The van der Waals surface area contributed by atoms with E-state index in [0.29, 0.717) is 12.6 Å². The Labute approximate surface area is 98.8 Å². The average Bonchev–Trinajstić information content (AvgIpc) is 2.48. The van der Waals surface area contributed by atoms with Crippen molar-refractivity contribution in [2.24, 2.45) is 0 Å². The highest BCUT2D eigenvalue weighted by Gasteiger charge is 2.20. The number of rotatable bonds is 4. The molecule has 16 heavy (non-hydrogen) atoms. The molecule has 1 amide bonds. The largest absolute Gasteiger partial charge is 0.350 e. The summed E-state index contributed by atoms with van der Waals surface area (Å²) in [6.45, 7) is 8.50. The van der Waals surface area contributed by atoms with Gasteiger partial charge in [-0.25, -0.2) is 0 Å². The van der Waals surface area contributed by atoms with E-state index in [1.54, 1.807) is 0 Å². The van der Waals surface area contributed by atoms with E-state index in [1.807, 2.05) is 20.8 Å². The van der Waals surface area contributed by atoms with Crippen LogP contribution in [0, 0.1) is 0 Å². The normalized spacial score (nSPS) is 22.4. The molecule has 0 radical (unpaired) electrons. The summed E-state index contributed by atoms with van der Waals surface area (Å²) in [5.41, 5.74) is -0.136. The molecule has 0 aromatic heterocycles. The third-order valence-electron chi connectivity index (χ3n) is 2.85. The Morgan fingerprint density at radius 2 is 2.12 bits per heavy atom. The van der Waals surface area contributed by atoms with Crippen molar-refractivity contribution in [3.63, 3.8) is 0 Å². The first-order valence-corrected chi connectivity index (χ1v) is 6.10. The molecule has 94 valence electrons. The van der Waals surface area contributed by atoms with Crippen LogP contribution in [0.3, 0.4) is 0 Å². The molecule has 2 N–H and O–H groups in total. The first-order chi connectivity index (χ1) is 7.38. The molecule has 0 aromatic rings. The summed E-state index contributed by atoms with van der Waals surface area (Å²) in [6, 6.07) is 0.599. The molecular weight excluding hydrogens is 202 g/mol. The molecule has 1 atom stereocenters. The number of likely N-dealkylation sites (N-methyl/N-ethyl adjacent to an activating group) is 1. The Morgan fingerprint density at radius 1 is 1.44 bits per heavy atom. The highest BCUT2D eigenvalue weighted by molar-refractivity contribution is 5.78. The quantitative estimate of drug-likeness (QED) is 0.738. The maximum Gasteiger partial charge on any atom is 0.234 e. The zero-order chi connectivity index (χ0) is 12.2. The molecular formula is C12H25N3O. The Balaban J connectivity index is 2.13. The minimum Gasteiger partial charge on any atom is -0.350 e. The summed E-state index contributed by atoms with van der Waals surface area (Å²) in [5, 5.41) is 6.17. The van der Waals surface area contributed by atoms with Gasteiger partial charge in [-0.05, 0) is 47.2 Å². The van der Waals surface area contributed by atoms with Crippen LogP contribution in [0.5, 0.6) is 0 Å². The third kappa shape index (κ3) is 4.94. The lowest BCUT2D eigenvalue weighted by Gasteiger charge is -2.22. The number of hydrogen-bond donors (Lipinski definition) is 2. The molecule has 1 unspecified atom stereocenters. The van der Waals surface area contributed by atoms with Crippen LogP contribution in [0.25, 0.3) is 0 Å². The Bertz CT molecular complexity index is 235. The van der Waals surface area contributed by atoms with Gasteiger partial charge in [-0.15, -0.1) is 0 Å². The van der Waals surface area contributed by atoms with Gasteiger partial charge in [0.1, 0.15) is 0 Å². The zero-order valence-corrected chi connectivity index (χ0v) is 11.0. The summed E-state index contributed by atoms with van der Waals surface area (Å²) < 4.78 is 0. The molecule has 1 saturated heterocycles. The van der Waals surface area contributed by atoms with Gasteiger partial charge in [0.05, 0.1) is 6.54 Å². The maximum absolute atomic E-state index is 11.5. The molecule has 0 aromatic carbocycles. The predicted molar refractivity (Wildman–Crippen MR) is 66.4 cm³/mol. The zero-order valence-electron chi connectivity index (χ0n) is 11.0. The van der Waals surface area contributed by atoms with E-state index in [4.69, 9.17) is 0 Å². The highest BCUT2D eigenvalue weighted by atomic mass is 16.2. The second-order valence-electron chi connectivity index (χ2n) is 5.71. The minimum absolute atomic E-state index is 0.0770. The topological polar surface area (TPSA) is 44.4 Å². The lowest BCUT2D eigenvalue weighted by atomic mass is 10.1. The van der Waals surface area contributed by atoms with Crippen molar-refractivity contribution in [3.05, 3.63) is 0 Å². The van der Waals surface area contributed by atoms with E-state index in [1.165, 1.54) is 19.4 Å². The van der Waals surface area contributed by atoms with Gasteiger partial charge in [-0.3, -0.25) is 4.79 Å². The summed E-state index contributed by atoms with van der Waals surface area (Å²) >= 11 is 0. The third-order valence-corrected chi connectivity index (χ3v) is 2.85. The van der Waals surface area contributed by atoms with Crippen molar-refractivity contribution in [2.45, 2.75) is 45.2 Å². The number of carbonyl (C=O) groups excluding carboxylic acids is 1. The van der Waals surface area contributed by atoms with Crippen LogP contribution >= 0.6 is 0 Å². The average molecular weight is 227 g/mol. The SMILES string of the molecule is CN1CCCC1CNCC(=O)NC(C)(C)C. The summed E-state index contributed by atoms with van der Waals surface area (Å²) in [7, 11) is 2.15. The fraction of sp³-hybridized carbons (Fsp3) is 0.917. The summed E-state index contributed by atoms with van der Waals surface area (Å²) in [4.78, 5) is 13.9. The fourth-order valence-electron chi connectivity index (χ4n) is 2.05. The molecule has 4 nitrogen and oxygen atoms in total. The van der Waals surface area contributed by atoms with Gasteiger partial charge in [0.15, 0.2) is 0 Å². The van der Waals surface area contributed by atoms with E-state index in [0.717, 1.165) is 6.54 Å². The number of nitrogens with zero attached hydrogens (tertiary/aromatic N) is 1. The molecule has 1 aliphatic heterocycles. The molecule has 1 fully saturated rings. The fourth-order valence-corrected chi connectivity index (χ4v) is 2.05. The van der Waals surface area contributed by atoms with Crippen molar-refractivity contribution in [1.82, 2.24) is 15.5 Å². The summed E-state index contributed by atoms with van der Waals surface area (Å²) in [6.07, 6.45) is 2.52. The highest BCUT2D eigenvalue weighted by Crippen LogP contribution is 2.13. The molecule has 0 spiro atoms. The van der Waals surface area contributed by atoms with E-state index < -0.39 is 0 Å². The Morgan fingerprint density at radius 3 is 2.62 bits per heavy atom. The standard InChI is InChI=1S/C12H25N3O/c1-12(2,3)14-11(16)9-13-8-10-6-5-7-15(10)4/h10,13H,5-9H2,1-4H3,(H,14,16). The Kier molecular flexibility index (Phi) is 4.74. The Hall–Kier alpha value is -0.610. The van der Waals surface area contributed by atoms with Gasteiger partial charge in [-0.1, -0.05) is 0 Å². The van der Waals surface area contributed by atoms with Gasteiger partial charge < -0.3 is 15.5 Å². The molecule has 0 aliphatic carbocycles. The second kappa shape index (κ2) is 5.64. The van der Waals surface area contributed by atoms with E-state index >= 15 is 0 Å². The summed E-state index contributed by atoms with van der Waals surface area (Å²) in [5.74, 6) is 0.0770. The van der Waals surface area contributed by atoms with Crippen molar-refractivity contribution >= 4 is 5.91 Å². The van der Waals surface area contributed by atoms with Gasteiger partial charge >= 0.3 is 0 Å². The van der Waals surface area contributed by atoms with Crippen LogP contribution in [-0.4, -0.2) is 49.1 Å². The van der Waals surface area contributed by atoms with E-state index in [9.17, 15) is 4.79 Å². The maximum atomic E-state index is 11.5. The first kappa shape index (κ1) is 13.5. The number of amides is 1. The lowest BCUT2D eigenvalue weighted by molar-refractivity contribution is -0.121. The molecule has 4 heteroatoms. The second-order valence-corrected chi connectivity index (χ2v) is 5.71. The molecule has 1 aliphatic rings. The van der Waals surface area contributed by atoms with Gasteiger partial charge in [-0.2, -0.15) is 0 Å². The molecule has 1 heterocycles. The molecule has 0 bridgehead atoms. The monoisotopic (exact) mass is 227 g/mol. The van der Waals surface area contributed by atoms with Crippen LogP contribution in [0.2, 0.25) is 0 Å². The minimum atomic E-state index is -0.136. The van der Waals surface area contributed by atoms with Gasteiger partial charge in [0.2, 0.25) is 5.91 Å². The van der Waals surface area contributed by atoms with Crippen molar-refractivity contribution < 1.29 is 4.79 Å². The smallest absolute Gasteiger partial charge is 0.234 e. The first-order valence-electron chi connectivity index (χ1n) is 6.10. The number of carbonyl (C=O) groups is 1. The number of nitrogens with one attached hydrogen (secondary N) is 2. The van der Waals surface area contributed by atoms with E-state index in [-0.39, 0.29) is 11.4 Å². The van der Waals surface area contributed by atoms with Crippen LogP contribution < -0.4 is 10.6 Å². The number of likely N-dealkylation sites (tertiary alicyclic amines) is 1. The van der Waals surface area contributed by atoms with Crippen molar-refractivity contribution in [1.29, 1.82) is 0 Å². The predicted octanol–water partition coefficient (Wildman–Crippen LogP) is 0.585. The molecule has 1 rings (SSSR count). The van der Waals surface area contributed by atoms with Crippen molar-refractivity contribution in [2.75, 3.05) is 26.7 Å². The van der Waals surface area contributed by atoms with Crippen LogP contribution in [0.1, 0.15) is 33.6 Å². The van der Waals surface area contributed by atoms with Crippen LogP contribution in [0.15, 0.2) is 0 Å². The van der Waals surface area contributed by atoms with Crippen LogP contribution in [-0.2, 0) is 4.79 Å².